The molecule has 2 heterocycles. The van der Waals surface area contributed by atoms with Gasteiger partial charge in [0.2, 0.25) is 12.3 Å². The largest absolute Gasteiger partial charge is 0.465 e. The lowest BCUT2D eigenvalue weighted by Crippen LogP contribution is -2.48. The van der Waals surface area contributed by atoms with E-state index in [-0.39, 0.29) is 25.1 Å². The molecule has 3 aromatic carbocycles. The highest BCUT2D eigenvalue weighted by atomic mass is 16.5. The summed E-state index contributed by atoms with van der Waals surface area (Å²) in [4.78, 5) is 43.7. The number of aryl methyl sites for hydroxylation is 1. The number of carbonyl (C=O) groups is 3. The Morgan fingerprint density at radius 3 is 2.27 bits per heavy atom. The number of ether oxygens (including phenoxy) is 2. The van der Waals surface area contributed by atoms with Crippen LogP contribution in [0.1, 0.15) is 40.9 Å². The number of carboxylic acid groups (broad SMARTS) is 1. The molecule has 1 aliphatic rings. The highest BCUT2D eigenvalue weighted by molar-refractivity contribution is 5.98. The Bertz CT molecular complexity index is 1500. The maximum absolute atomic E-state index is 14.0. The van der Waals surface area contributed by atoms with E-state index >= 15 is 0 Å². The van der Waals surface area contributed by atoms with E-state index in [0.29, 0.717) is 18.5 Å². The second-order valence-electron chi connectivity index (χ2n) is 10.3. The fourth-order valence-corrected chi connectivity index (χ4v) is 5.41. The fourth-order valence-electron chi connectivity index (χ4n) is 5.41. The number of nitrogens with one attached hydrogen (secondary N) is 2. The summed E-state index contributed by atoms with van der Waals surface area (Å²) in [5, 5.41) is 19.3. The first-order valence-corrected chi connectivity index (χ1v) is 14.1. The predicted octanol–water partition coefficient (Wildman–Crippen LogP) is 4.62. The van der Waals surface area contributed by atoms with Crippen molar-refractivity contribution in [2.24, 2.45) is 0 Å². The van der Waals surface area contributed by atoms with Crippen LogP contribution in [-0.4, -0.2) is 70.6 Å². The van der Waals surface area contributed by atoms with Crippen molar-refractivity contribution in [3.8, 4) is 0 Å². The molecule has 12 heteroatoms. The number of hydrogen-bond acceptors (Lipinski definition) is 8. The highest BCUT2D eigenvalue weighted by Crippen LogP contribution is 2.30. The van der Waals surface area contributed by atoms with Gasteiger partial charge in [0.1, 0.15) is 12.1 Å². The molecule has 228 valence electrons. The van der Waals surface area contributed by atoms with Gasteiger partial charge < -0.3 is 29.7 Å². The van der Waals surface area contributed by atoms with Crippen molar-refractivity contribution in [3.63, 3.8) is 0 Å². The van der Waals surface area contributed by atoms with Gasteiger partial charge in [-0.25, -0.2) is 9.59 Å². The molecule has 0 spiro atoms. The number of hydrogen-bond donors (Lipinski definition) is 3. The van der Waals surface area contributed by atoms with E-state index in [1.807, 2.05) is 78.9 Å². The van der Waals surface area contributed by atoms with Crippen LogP contribution in [-0.2, 0) is 20.7 Å². The van der Waals surface area contributed by atoms with Crippen LogP contribution in [0, 0.1) is 0 Å². The molecule has 0 unspecified atom stereocenters. The van der Waals surface area contributed by atoms with Crippen molar-refractivity contribution in [3.05, 3.63) is 114 Å². The van der Waals surface area contributed by atoms with E-state index < -0.39 is 36.1 Å². The lowest BCUT2D eigenvalue weighted by Gasteiger charge is -2.36. The summed E-state index contributed by atoms with van der Waals surface area (Å²) in [6, 6.07) is 24.7. The van der Waals surface area contributed by atoms with Crippen molar-refractivity contribution in [1.29, 1.82) is 0 Å². The van der Waals surface area contributed by atoms with E-state index in [9.17, 15) is 19.5 Å². The van der Waals surface area contributed by atoms with Crippen LogP contribution in [0.25, 0.3) is 0 Å². The van der Waals surface area contributed by atoms with E-state index in [1.165, 1.54) is 12.0 Å². The predicted molar refractivity (Wildman–Crippen MR) is 159 cm³/mol. The summed E-state index contributed by atoms with van der Waals surface area (Å²) in [6.45, 7) is 0.222. The van der Waals surface area contributed by atoms with Gasteiger partial charge in [0, 0.05) is 11.6 Å². The molecule has 4 aromatic rings. The topological polar surface area (TPSA) is 156 Å². The summed E-state index contributed by atoms with van der Waals surface area (Å²) >= 11 is 0. The molecule has 44 heavy (non-hydrogen) atoms. The third kappa shape index (κ3) is 7.21. The minimum atomic E-state index is -1.10. The van der Waals surface area contributed by atoms with Crippen molar-refractivity contribution in [2.75, 3.05) is 25.6 Å². The highest BCUT2D eigenvalue weighted by Gasteiger charge is 2.36. The van der Waals surface area contributed by atoms with Crippen molar-refractivity contribution in [1.82, 2.24) is 20.4 Å². The molecule has 0 radical (unpaired) electrons. The van der Waals surface area contributed by atoms with Crippen molar-refractivity contribution in [2.45, 2.75) is 36.9 Å². The monoisotopic (exact) mass is 599 g/mol. The molecule has 0 aliphatic carbocycles. The number of amides is 3. The second-order valence-corrected chi connectivity index (χ2v) is 10.3. The smallest absolute Gasteiger partial charge is 0.408 e. The molecule has 1 aromatic heterocycles. The zero-order valence-corrected chi connectivity index (χ0v) is 24.0. The number of para-hydroxylation sites is 1. The summed E-state index contributed by atoms with van der Waals surface area (Å²) in [5.74, 6) is -0.679. The quantitative estimate of drug-likeness (QED) is 0.237. The number of carbonyl (C=O) groups excluding carboxylic acids is 2. The third-order valence-electron chi connectivity index (χ3n) is 7.59. The second kappa shape index (κ2) is 14.3. The average molecular weight is 600 g/mol. The van der Waals surface area contributed by atoms with Gasteiger partial charge in [-0.05, 0) is 35.6 Å². The van der Waals surface area contributed by atoms with Crippen LogP contribution in [0.4, 0.5) is 15.3 Å². The lowest BCUT2D eigenvalue weighted by atomic mass is 9.84. The molecule has 1 fully saturated rings. The Labute approximate surface area is 254 Å². The number of nitrogens with zero attached hydrogens (tertiary/aromatic N) is 3. The number of benzene rings is 3. The van der Waals surface area contributed by atoms with E-state index in [0.717, 1.165) is 23.1 Å². The normalized spacial score (nSPS) is 17.1. The molecule has 1 aliphatic heterocycles. The molecule has 1 saturated heterocycles. The average Bonchev–Trinajstić information content (AvgIpc) is 3.60. The number of anilines is 1. The first-order chi connectivity index (χ1) is 21.4. The summed E-state index contributed by atoms with van der Waals surface area (Å²) in [5.41, 5.74) is 3.10. The van der Waals surface area contributed by atoms with Gasteiger partial charge in [-0.2, -0.15) is 4.98 Å². The minimum absolute atomic E-state index is 0.0934. The molecular weight excluding hydrogens is 566 g/mol. The molecule has 3 atom stereocenters. The number of aromatic nitrogens is 2. The summed E-state index contributed by atoms with van der Waals surface area (Å²) in [7, 11) is 1.25. The lowest BCUT2D eigenvalue weighted by molar-refractivity contribution is -0.118. The van der Waals surface area contributed by atoms with Crippen LogP contribution >= 0.6 is 0 Å². The third-order valence-corrected chi connectivity index (χ3v) is 7.59. The Morgan fingerprint density at radius 1 is 1.00 bits per heavy atom. The maximum atomic E-state index is 14.0. The number of rotatable bonds is 10. The van der Waals surface area contributed by atoms with Crippen LogP contribution in [0.3, 0.4) is 0 Å². The number of alkyl carbamates (subject to hydrolysis) is 1. The van der Waals surface area contributed by atoms with E-state index in [4.69, 9.17) is 14.0 Å². The van der Waals surface area contributed by atoms with Gasteiger partial charge in [0.05, 0.1) is 26.4 Å². The number of methoxy groups -OCH3 is 1. The van der Waals surface area contributed by atoms with E-state index in [1.54, 1.807) is 6.07 Å². The number of morpholine rings is 1. The fraction of sp³-hybridized carbons (Fsp3) is 0.281. The molecule has 3 N–H and O–H groups in total. The van der Waals surface area contributed by atoms with Crippen LogP contribution in [0.5, 0.6) is 0 Å². The standard InChI is InChI=1S/C32H33N5O7/c1-42-31(39)35-28(27(22-11-4-2-5-12-22)23-13-6-3-7-14-23)30(38)34-25-15-9-8-10-21(25)16-17-24-18-37(32(40)41)26(19-43-24)29-33-20-44-36-29/h2-15,20,24,26-28H,16-19H2,1H3,(H,34,38)(H,35,39)(H,40,41)/t24-,26+,28+/m1/s1. The molecule has 12 nitrogen and oxygen atoms in total. The zero-order valence-electron chi connectivity index (χ0n) is 24.0. The van der Waals surface area contributed by atoms with E-state index in [2.05, 4.69) is 20.8 Å². The summed E-state index contributed by atoms with van der Waals surface area (Å²) < 4.78 is 15.7. The molecule has 5 rings (SSSR count). The SMILES string of the molecule is COC(=O)N[C@H](C(=O)Nc1ccccc1CC[C@@H]1CN(C(=O)O)[C@H](c2ncon2)CO1)C(c1ccccc1)c1ccccc1. The first-order valence-electron chi connectivity index (χ1n) is 14.1. The summed E-state index contributed by atoms with van der Waals surface area (Å²) in [6.07, 6.45) is -0.0664. The molecule has 0 saturated carbocycles. The van der Waals surface area contributed by atoms with Gasteiger partial charge in [0.15, 0.2) is 5.82 Å². The van der Waals surface area contributed by atoms with Crippen LogP contribution in [0.2, 0.25) is 0 Å². The first kappa shape index (κ1) is 30.2. The Kier molecular flexibility index (Phi) is 9.82. The van der Waals surface area contributed by atoms with Gasteiger partial charge in [0.25, 0.3) is 0 Å². The minimum Gasteiger partial charge on any atom is -0.465 e. The Balaban J connectivity index is 1.34. The van der Waals surface area contributed by atoms with Crippen molar-refractivity contribution >= 4 is 23.8 Å². The Hall–Kier alpha value is -5.23. The Morgan fingerprint density at radius 2 is 1.66 bits per heavy atom. The van der Waals surface area contributed by atoms with Crippen LogP contribution in [0.15, 0.2) is 95.8 Å². The van der Waals surface area contributed by atoms with Gasteiger partial charge in [-0.3, -0.25) is 9.69 Å². The zero-order chi connectivity index (χ0) is 30.9. The van der Waals surface area contributed by atoms with Gasteiger partial charge in [-0.15, -0.1) is 0 Å². The van der Waals surface area contributed by atoms with Gasteiger partial charge >= 0.3 is 12.2 Å². The van der Waals surface area contributed by atoms with Crippen LogP contribution < -0.4 is 10.6 Å². The van der Waals surface area contributed by atoms with Gasteiger partial charge in [-0.1, -0.05) is 84.0 Å². The molecular formula is C32H33N5O7. The molecule has 0 bridgehead atoms. The molecule has 3 amide bonds. The maximum Gasteiger partial charge on any atom is 0.408 e. The van der Waals surface area contributed by atoms with Crippen molar-refractivity contribution < 1.29 is 33.5 Å².